The summed E-state index contributed by atoms with van der Waals surface area (Å²) >= 11 is 0. The zero-order valence-corrected chi connectivity index (χ0v) is 10.1. The van der Waals surface area contributed by atoms with E-state index in [2.05, 4.69) is 5.32 Å². The van der Waals surface area contributed by atoms with Gasteiger partial charge < -0.3 is 11.1 Å². The van der Waals surface area contributed by atoms with Crippen molar-refractivity contribution >= 4 is 5.69 Å². The third-order valence-corrected chi connectivity index (χ3v) is 2.19. The number of nitrogens with two attached hydrogens (primary N) is 1. The highest BCUT2D eigenvalue weighted by Crippen LogP contribution is 2.32. The molecule has 1 rings (SSSR count). The maximum absolute atomic E-state index is 12.6. The zero-order valence-electron chi connectivity index (χ0n) is 10.1. The Morgan fingerprint density at radius 3 is 2.39 bits per heavy atom. The summed E-state index contributed by atoms with van der Waals surface area (Å²) in [6.07, 6.45) is -4.52. The number of hydrogen-bond donors (Lipinski definition) is 2. The van der Waals surface area contributed by atoms with Gasteiger partial charge in [0.2, 0.25) is 0 Å². The molecule has 0 heterocycles. The maximum atomic E-state index is 12.6. The van der Waals surface area contributed by atoms with Crippen molar-refractivity contribution in [3.63, 3.8) is 0 Å². The first-order chi connectivity index (χ1) is 8.13. The number of anilines is 1. The second-order valence-corrected chi connectivity index (χ2v) is 4.71. The van der Waals surface area contributed by atoms with Gasteiger partial charge in [0.15, 0.2) is 0 Å². The fourth-order valence-corrected chi connectivity index (χ4v) is 1.32. The molecule has 0 atom stereocenters. The van der Waals surface area contributed by atoms with E-state index in [1.807, 2.05) is 0 Å². The molecular weight excluding hydrogens is 243 g/mol. The van der Waals surface area contributed by atoms with E-state index in [4.69, 9.17) is 11.0 Å². The molecule has 98 valence electrons. The average molecular weight is 257 g/mol. The van der Waals surface area contributed by atoms with Gasteiger partial charge in [0, 0.05) is 17.8 Å². The first kappa shape index (κ1) is 14.3. The molecule has 0 fully saturated rings. The predicted molar refractivity (Wildman–Crippen MR) is 62.9 cm³/mol. The minimum atomic E-state index is -4.52. The Morgan fingerprint density at radius 2 is 1.94 bits per heavy atom. The van der Waals surface area contributed by atoms with Crippen molar-refractivity contribution in [2.45, 2.75) is 25.6 Å². The van der Waals surface area contributed by atoms with E-state index in [-0.39, 0.29) is 0 Å². The van der Waals surface area contributed by atoms with Crippen molar-refractivity contribution in [2.75, 3.05) is 11.9 Å². The molecule has 0 aromatic heterocycles. The van der Waals surface area contributed by atoms with E-state index in [1.54, 1.807) is 19.9 Å². The van der Waals surface area contributed by atoms with E-state index in [9.17, 15) is 13.2 Å². The molecule has 0 radical (unpaired) electrons. The fraction of sp³-hybridized carbons (Fsp3) is 0.417. The Morgan fingerprint density at radius 1 is 1.33 bits per heavy atom. The molecule has 0 unspecified atom stereocenters. The number of hydrogen-bond acceptors (Lipinski definition) is 3. The normalized spacial score (nSPS) is 12.1. The summed E-state index contributed by atoms with van der Waals surface area (Å²) in [6.45, 7) is 3.97. The van der Waals surface area contributed by atoms with Gasteiger partial charge in [-0.3, -0.25) is 0 Å². The highest BCUT2D eigenvalue weighted by atomic mass is 19.4. The molecule has 0 aliphatic carbocycles. The Hall–Kier alpha value is -1.74. The van der Waals surface area contributed by atoms with E-state index in [0.29, 0.717) is 12.2 Å². The second-order valence-electron chi connectivity index (χ2n) is 4.71. The monoisotopic (exact) mass is 257 g/mol. The first-order valence-electron chi connectivity index (χ1n) is 5.27. The third-order valence-electron chi connectivity index (χ3n) is 2.19. The number of rotatable bonds is 3. The molecule has 1 aromatic rings. The molecule has 1 aromatic carbocycles. The number of nitrogens with zero attached hydrogens (tertiary/aromatic N) is 1. The summed E-state index contributed by atoms with van der Waals surface area (Å²) < 4.78 is 37.7. The largest absolute Gasteiger partial charge is 0.417 e. The smallest absolute Gasteiger partial charge is 0.383 e. The highest BCUT2D eigenvalue weighted by Gasteiger charge is 2.33. The molecule has 0 saturated carbocycles. The Balaban J connectivity index is 2.97. The van der Waals surface area contributed by atoms with Crippen LogP contribution >= 0.6 is 0 Å². The van der Waals surface area contributed by atoms with Gasteiger partial charge in [-0.15, -0.1) is 0 Å². The average Bonchev–Trinajstić information content (AvgIpc) is 2.23. The maximum Gasteiger partial charge on any atom is 0.417 e. The summed E-state index contributed by atoms with van der Waals surface area (Å²) in [4.78, 5) is 0. The zero-order chi connectivity index (χ0) is 14.0. The molecule has 0 aliphatic rings. The van der Waals surface area contributed by atoms with E-state index >= 15 is 0 Å². The molecule has 0 spiro atoms. The minimum Gasteiger partial charge on any atom is -0.383 e. The number of halogens is 3. The van der Waals surface area contributed by atoms with Crippen molar-refractivity contribution in [1.82, 2.24) is 0 Å². The highest BCUT2D eigenvalue weighted by molar-refractivity contribution is 5.53. The molecule has 3 N–H and O–H groups in total. The second kappa shape index (κ2) is 4.86. The van der Waals surface area contributed by atoms with Crippen LogP contribution in [-0.4, -0.2) is 12.1 Å². The molecule has 18 heavy (non-hydrogen) atoms. The van der Waals surface area contributed by atoms with Crippen molar-refractivity contribution in [3.05, 3.63) is 29.3 Å². The molecule has 6 heteroatoms. The van der Waals surface area contributed by atoms with Crippen LogP contribution in [0.2, 0.25) is 0 Å². The van der Waals surface area contributed by atoms with Crippen LogP contribution in [0.25, 0.3) is 0 Å². The fourth-order valence-electron chi connectivity index (χ4n) is 1.32. The van der Waals surface area contributed by atoms with Crippen LogP contribution < -0.4 is 11.1 Å². The topological polar surface area (TPSA) is 61.8 Å². The van der Waals surface area contributed by atoms with Gasteiger partial charge in [-0.1, -0.05) is 0 Å². The van der Waals surface area contributed by atoms with E-state index in [0.717, 1.165) is 6.07 Å². The first-order valence-corrected chi connectivity index (χ1v) is 5.27. The van der Waals surface area contributed by atoms with E-state index in [1.165, 1.54) is 12.1 Å². The van der Waals surface area contributed by atoms with Crippen molar-refractivity contribution in [2.24, 2.45) is 5.73 Å². The lowest BCUT2D eigenvalue weighted by atomic mass is 10.1. The van der Waals surface area contributed by atoms with Crippen molar-refractivity contribution < 1.29 is 13.2 Å². The lowest BCUT2D eigenvalue weighted by molar-refractivity contribution is -0.137. The molecular formula is C12H14F3N3. The van der Waals surface area contributed by atoms with Gasteiger partial charge in [-0.05, 0) is 32.0 Å². The van der Waals surface area contributed by atoms with Crippen LogP contribution in [0.4, 0.5) is 18.9 Å². The van der Waals surface area contributed by atoms with Crippen LogP contribution in [0.3, 0.4) is 0 Å². The molecule has 0 saturated heterocycles. The Bertz CT molecular complexity index is 467. The third kappa shape index (κ3) is 3.93. The summed E-state index contributed by atoms with van der Waals surface area (Å²) in [7, 11) is 0. The lowest BCUT2D eigenvalue weighted by Crippen LogP contribution is -2.39. The molecule has 3 nitrogen and oxygen atoms in total. The molecule has 0 bridgehead atoms. The Labute approximate surface area is 103 Å². The minimum absolute atomic E-state index is 0.392. The summed E-state index contributed by atoms with van der Waals surface area (Å²) in [5, 5.41) is 11.6. The predicted octanol–water partition coefficient (Wildman–Crippen LogP) is 2.73. The molecule has 0 amide bonds. The number of benzene rings is 1. The summed E-state index contributed by atoms with van der Waals surface area (Å²) in [6, 6.07) is 4.90. The SMILES string of the molecule is CC(C)(N)CNc1ccc(C(F)(F)F)c(C#N)c1. The number of nitrogens with one attached hydrogen (secondary N) is 1. The number of nitriles is 1. The van der Waals surface area contributed by atoms with Gasteiger partial charge in [0.1, 0.15) is 0 Å². The summed E-state index contributed by atoms with van der Waals surface area (Å²) in [5.41, 5.74) is 4.37. The van der Waals surface area contributed by atoms with Crippen LogP contribution in [0.1, 0.15) is 25.0 Å². The quantitative estimate of drug-likeness (QED) is 0.875. The van der Waals surface area contributed by atoms with E-state index < -0.39 is 22.8 Å². The number of alkyl halides is 3. The van der Waals surface area contributed by atoms with Crippen molar-refractivity contribution in [3.8, 4) is 6.07 Å². The van der Waals surface area contributed by atoms with Crippen LogP contribution in [-0.2, 0) is 6.18 Å². The van der Waals surface area contributed by atoms with Crippen LogP contribution in [0.15, 0.2) is 18.2 Å². The van der Waals surface area contributed by atoms with Gasteiger partial charge in [-0.2, -0.15) is 18.4 Å². The van der Waals surface area contributed by atoms with Crippen molar-refractivity contribution in [1.29, 1.82) is 5.26 Å². The molecule has 0 aliphatic heterocycles. The summed E-state index contributed by atoms with van der Waals surface area (Å²) in [5.74, 6) is 0. The van der Waals surface area contributed by atoms with Gasteiger partial charge in [0.25, 0.3) is 0 Å². The van der Waals surface area contributed by atoms with Crippen LogP contribution in [0.5, 0.6) is 0 Å². The standard InChI is InChI=1S/C12H14F3N3/c1-11(2,17)7-18-9-3-4-10(12(13,14)15)8(5-9)6-16/h3-5,18H,7,17H2,1-2H3. The van der Waals surface area contributed by atoms with Gasteiger partial charge in [-0.25, -0.2) is 0 Å². The van der Waals surface area contributed by atoms with Gasteiger partial charge >= 0.3 is 6.18 Å². The lowest BCUT2D eigenvalue weighted by Gasteiger charge is -2.20. The van der Waals surface area contributed by atoms with Crippen LogP contribution in [0, 0.1) is 11.3 Å². The Kier molecular flexibility index (Phi) is 3.87. The van der Waals surface area contributed by atoms with Gasteiger partial charge in [0.05, 0.1) is 17.2 Å².